The average Bonchev–Trinajstić information content (AvgIpc) is 3.37. The molecule has 1 aromatic carbocycles. The number of aliphatic hydroxyl groups is 1. The second-order valence-electron chi connectivity index (χ2n) is 11.6. The number of ether oxygens (including phenoxy) is 1. The fourth-order valence-electron chi connectivity index (χ4n) is 5.66. The lowest BCUT2D eigenvalue weighted by Gasteiger charge is -2.56. The van der Waals surface area contributed by atoms with Gasteiger partial charge in [-0.2, -0.15) is 10.4 Å². The van der Waals surface area contributed by atoms with Crippen LogP contribution in [0.15, 0.2) is 66.0 Å². The van der Waals surface area contributed by atoms with Gasteiger partial charge in [0.1, 0.15) is 24.2 Å². The van der Waals surface area contributed by atoms with E-state index in [0.29, 0.717) is 33.8 Å². The number of hydrogen-bond acceptors (Lipinski definition) is 9. The number of benzene rings is 1. The summed E-state index contributed by atoms with van der Waals surface area (Å²) in [6.07, 6.45) is 7.43. The molecule has 10 nitrogen and oxygen atoms in total. The highest BCUT2D eigenvalue weighted by Gasteiger charge is 2.44. The van der Waals surface area contributed by atoms with Crippen LogP contribution in [0.25, 0.3) is 16.6 Å². The Labute approximate surface area is 239 Å². The molecule has 0 radical (unpaired) electrons. The van der Waals surface area contributed by atoms with Crippen LogP contribution in [0.4, 0.5) is 5.82 Å². The first-order chi connectivity index (χ1) is 19.5. The molecule has 7 rings (SSSR count). The van der Waals surface area contributed by atoms with Crippen molar-refractivity contribution >= 4 is 21.2 Å². The third kappa shape index (κ3) is 5.51. The van der Waals surface area contributed by atoms with Gasteiger partial charge in [-0.15, -0.1) is 0 Å². The van der Waals surface area contributed by atoms with Gasteiger partial charge >= 0.3 is 0 Å². The summed E-state index contributed by atoms with van der Waals surface area (Å²) in [4.78, 5) is 9.93. The molecular weight excluding hydrogens is 540 g/mol. The fourth-order valence-corrected chi connectivity index (χ4v) is 6.29. The van der Waals surface area contributed by atoms with Crippen molar-refractivity contribution in [2.75, 3.05) is 30.9 Å². The van der Waals surface area contributed by atoms with E-state index in [1.54, 1.807) is 36.7 Å². The van der Waals surface area contributed by atoms with Crippen LogP contribution in [-0.4, -0.2) is 76.7 Å². The van der Waals surface area contributed by atoms with E-state index in [1.165, 1.54) is 12.5 Å². The molecule has 3 aromatic heterocycles. The second-order valence-corrected chi connectivity index (χ2v) is 13.6. The molecule has 3 fully saturated rings. The Bertz CT molecular complexity index is 1730. The van der Waals surface area contributed by atoms with Gasteiger partial charge in [-0.3, -0.25) is 4.90 Å². The Morgan fingerprint density at radius 2 is 1.85 bits per heavy atom. The molecule has 6 heterocycles. The van der Waals surface area contributed by atoms with Gasteiger partial charge in [0.05, 0.1) is 34.0 Å². The van der Waals surface area contributed by atoms with Crippen molar-refractivity contribution in [1.82, 2.24) is 19.5 Å². The van der Waals surface area contributed by atoms with Crippen molar-refractivity contribution in [3.05, 3.63) is 72.2 Å². The lowest BCUT2D eigenvalue weighted by atomic mass is 9.86. The largest absolute Gasteiger partial charge is 0.489 e. The van der Waals surface area contributed by atoms with E-state index in [1.807, 2.05) is 36.5 Å². The number of sulfone groups is 1. The molecule has 2 bridgehead atoms. The molecule has 3 saturated heterocycles. The first-order valence-corrected chi connectivity index (χ1v) is 15.4. The Kier molecular flexibility index (Phi) is 6.72. The number of pyridine rings is 2. The number of rotatable bonds is 8. The van der Waals surface area contributed by atoms with Gasteiger partial charge in [0.15, 0.2) is 9.84 Å². The maximum atomic E-state index is 11.8. The van der Waals surface area contributed by atoms with Crippen molar-refractivity contribution in [2.24, 2.45) is 0 Å². The van der Waals surface area contributed by atoms with E-state index in [0.717, 1.165) is 48.6 Å². The number of aromatic nitrogens is 3. The maximum Gasteiger partial charge on any atom is 0.175 e. The molecule has 3 aliphatic rings. The first-order valence-electron chi connectivity index (χ1n) is 13.5. The lowest BCUT2D eigenvalue weighted by molar-refractivity contribution is -0.00869. The number of anilines is 1. The van der Waals surface area contributed by atoms with Crippen LogP contribution in [0, 0.1) is 11.3 Å². The maximum absolute atomic E-state index is 11.8. The normalized spacial score (nSPS) is 19.1. The molecule has 1 N–H and O–H groups in total. The summed E-state index contributed by atoms with van der Waals surface area (Å²) in [7, 11) is -3.20. The zero-order chi connectivity index (χ0) is 28.9. The third-order valence-corrected chi connectivity index (χ3v) is 8.87. The van der Waals surface area contributed by atoms with Crippen molar-refractivity contribution in [3.63, 3.8) is 0 Å². The van der Waals surface area contributed by atoms with E-state index in [-0.39, 0.29) is 6.61 Å². The zero-order valence-electron chi connectivity index (χ0n) is 23.2. The molecule has 41 heavy (non-hydrogen) atoms. The predicted molar refractivity (Wildman–Crippen MR) is 154 cm³/mol. The van der Waals surface area contributed by atoms with Crippen molar-refractivity contribution in [2.45, 2.75) is 49.4 Å². The van der Waals surface area contributed by atoms with Gasteiger partial charge in [-0.1, -0.05) is 12.1 Å². The van der Waals surface area contributed by atoms with E-state index in [9.17, 15) is 18.8 Å². The Morgan fingerprint density at radius 1 is 1.12 bits per heavy atom. The fraction of sp³-hybridized carbons (Fsp3) is 0.367. The molecule has 0 saturated carbocycles. The third-order valence-electron chi connectivity index (χ3n) is 7.74. The van der Waals surface area contributed by atoms with Crippen molar-refractivity contribution in [3.8, 4) is 22.9 Å². The van der Waals surface area contributed by atoms with Crippen LogP contribution in [0.2, 0.25) is 0 Å². The summed E-state index contributed by atoms with van der Waals surface area (Å²) in [6, 6.07) is 16.1. The second kappa shape index (κ2) is 10.1. The monoisotopic (exact) mass is 572 g/mol. The van der Waals surface area contributed by atoms with Gasteiger partial charge < -0.3 is 14.7 Å². The predicted octanol–water partition coefficient (Wildman–Crippen LogP) is 3.28. The average molecular weight is 573 g/mol. The highest BCUT2D eigenvalue weighted by molar-refractivity contribution is 7.90. The van der Waals surface area contributed by atoms with E-state index in [2.05, 4.69) is 21.0 Å². The molecule has 4 aromatic rings. The first kappa shape index (κ1) is 27.2. The Balaban J connectivity index is 1.18. The smallest absolute Gasteiger partial charge is 0.175 e. The molecule has 0 spiro atoms. The van der Waals surface area contributed by atoms with E-state index >= 15 is 0 Å². The highest BCUT2D eigenvalue weighted by Crippen LogP contribution is 2.36. The van der Waals surface area contributed by atoms with Gasteiger partial charge in [-0.05, 0) is 56.2 Å². The van der Waals surface area contributed by atoms with Gasteiger partial charge in [-0.25, -0.2) is 17.9 Å². The van der Waals surface area contributed by atoms with Crippen LogP contribution < -0.4 is 9.64 Å². The van der Waals surface area contributed by atoms with Crippen LogP contribution >= 0.6 is 0 Å². The number of hydrogen-bond donors (Lipinski definition) is 1. The molecule has 2 atom stereocenters. The summed E-state index contributed by atoms with van der Waals surface area (Å²) >= 11 is 0. The molecular formula is C30H32N6O4S. The van der Waals surface area contributed by atoms with Gasteiger partial charge in [0.2, 0.25) is 0 Å². The highest BCUT2D eigenvalue weighted by atomic mass is 32.2. The number of piperazine rings is 1. The lowest BCUT2D eigenvalue weighted by Crippen LogP contribution is -2.68. The van der Waals surface area contributed by atoms with Gasteiger partial charge in [0, 0.05) is 55.3 Å². The summed E-state index contributed by atoms with van der Waals surface area (Å²) < 4.78 is 31.0. The van der Waals surface area contributed by atoms with Crippen molar-refractivity contribution in [1.29, 1.82) is 5.26 Å². The number of piperidine rings is 1. The summed E-state index contributed by atoms with van der Waals surface area (Å²) in [5.41, 5.74) is 2.87. The number of fused-ring (bicyclic) bond motifs is 3. The van der Waals surface area contributed by atoms with Crippen LogP contribution in [-0.2, 0) is 16.4 Å². The number of nitriles is 1. The van der Waals surface area contributed by atoms with Crippen molar-refractivity contribution < 1.29 is 18.3 Å². The zero-order valence-corrected chi connectivity index (χ0v) is 24.0. The molecule has 0 amide bonds. The molecule has 2 unspecified atom stereocenters. The Morgan fingerprint density at radius 3 is 2.46 bits per heavy atom. The topological polar surface area (TPSA) is 124 Å². The quantitative estimate of drug-likeness (QED) is 0.339. The van der Waals surface area contributed by atoms with Crippen LogP contribution in [0.5, 0.6) is 5.75 Å². The minimum Gasteiger partial charge on any atom is -0.489 e. The van der Waals surface area contributed by atoms with E-state index in [4.69, 9.17) is 9.72 Å². The molecule has 0 aliphatic carbocycles. The molecule has 212 valence electrons. The standard InChI is InChI=1S/C30H32N6O4S/c1-30(2,37)19-40-25-11-27(29-22(12-31)14-33-36(29)18-25)21-6-9-28(32-13-21)34-16-23-10-24(17-34)35(23)15-20-4-7-26(8-5-20)41(3,38)39/h4-9,11,13-14,18,23-24,37H,10,15-17,19H2,1-3H3. The minimum atomic E-state index is -3.20. The number of nitrogens with zero attached hydrogens (tertiary/aromatic N) is 6. The molecule has 3 aliphatic heterocycles. The minimum absolute atomic E-state index is 0.113. The van der Waals surface area contributed by atoms with Crippen LogP contribution in [0.1, 0.15) is 31.4 Å². The molecule has 11 heteroatoms. The Hall–Kier alpha value is -3.98. The van der Waals surface area contributed by atoms with Crippen LogP contribution in [0.3, 0.4) is 0 Å². The van der Waals surface area contributed by atoms with E-state index < -0.39 is 15.4 Å². The summed E-state index contributed by atoms with van der Waals surface area (Å²) in [6.45, 7) is 6.01. The SMILES string of the molecule is CC(C)(O)COc1cc(-c2ccc(N3CC4CC(C3)N4Cc3ccc(S(C)(=O)=O)cc3)nc2)c2c(C#N)cnn2c1. The summed E-state index contributed by atoms with van der Waals surface area (Å²) in [5, 5.41) is 24.1. The van der Waals surface area contributed by atoms with Gasteiger partial charge in [0.25, 0.3) is 0 Å². The summed E-state index contributed by atoms with van der Waals surface area (Å²) in [5.74, 6) is 1.44.